The van der Waals surface area contributed by atoms with E-state index < -0.39 is 17.6 Å². The summed E-state index contributed by atoms with van der Waals surface area (Å²) in [6.07, 6.45) is 0. The van der Waals surface area contributed by atoms with Gasteiger partial charge in [-0.2, -0.15) is 0 Å². The van der Waals surface area contributed by atoms with E-state index >= 15 is 0 Å². The third kappa shape index (κ3) is 1.97. The normalized spacial score (nSPS) is 17.4. The van der Waals surface area contributed by atoms with Gasteiger partial charge in [0.15, 0.2) is 0 Å². The van der Waals surface area contributed by atoms with E-state index in [0.29, 0.717) is 11.4 Å². The Labute approximate surface area is 120 Å². The molecule has 1 saturated heterocycles. The molecule has 6 nitrogen and oxygen atoms in total. The standard InChI is InChI=1S/C15H12N2O4/c18-13-15(20,21)14(19)17(12-9-5-2-6-10-12)16(13)11-7-3-1-4-8-11/h1-10,20-21H. The van der Waals surface area contributed by atoms with Crippen LogP contribution in [0, 0.1) is 0 Å². The van der Waals surface area contributed by atoms with Gasteiger partial charge in [-0.25, -0.2) is 10.0 Å². The summed E-state index contributed by atoms with van der Waals surface area (Å²) in [7, 11) is 0. The zero-order valence-corrected chi connectivity index (χ0v) is 10.9. The van der Waals surface area contributed by atoms with Crippen molar-refractivity contribution < 1.29 is 19.8 Å². The number of benzene rings is 2. The molecule has 1 aliphatic heterocycles. The number of aliphatic hydroxyl groups is 2. The molecular formula is C15H12N2O4. The second-order valence-electron chi connectivity index (χ2n) is 4.58. The molecule has 1 fully saturated rings. The minimum absolute atomic E-state index is 0.365. The molecule has 21 heavy (non-hydrogen) atoms. The van der Waals surface area contributed by atoms with Crippen molar-refractivity contribution in [3.63, 3.8) is 0 Å². The second kappa shape index (κ2) is 4.69. The molecule has 1 heterocycles. The maximum absolute atomic E-state index is 12.2. The lowest BCUT2D eigenvalue weighted by Gasteiger charge is -2.26. The van der Waals surface area contributed by atoms with E-state index in [4.69, 9.17) is 0 Å². The first-order chi connectivity index (χ1) is 10.0. The van der Waals surface area contributed by atoms with E-state index in [1.807, 2.05) is 0 Å². The molecule has 2 N–H and O–H groups in total. The van der Waals surface area contributed by atoms with Gasteiger partial charge in [-0.15, -0.1) is 0 Å². The molecule has 106 valence electrons. The third-order valence-corrected chi connectivity index (χ3v) is 3.18. The minimum atomic E-state index is -3.06. The number of anilines is 2. The summed E-state index contributed by atoms with van der Waals surface area (Å²) in [6.45, 7) is 0. The summed E-state index contributed by atoms with van der Waals surface area (Å²) in [6, 6.07) is 16.6. The first-order valence-electron chi connectivity index (χ1n) is 6.27. The molecule has 1 aliphatic rings. The van der Waals surface area contributed by atoms with E-state index in [1.165, 1.54) is 0 Å². The summed E-state index contributed by atoms with van der Waals surface area (Å²) in [5, 5.41) is 21.4. The first-order valence-corrected chi connectivity index (χ1v) is 6.27. The maximum atomic E-state index is 12.2. The van der Waals surface area contributed by atoms with Crippen LogP contribution in [0.3, 0.4) is 0 Å². The van der Waals surface area contributed by atoms with Gasteiger partial charge < -0.3 is 10.2 Å². The van der Waals surface area contributed by atoms with Crippen molar-refractivity contribution in [3.8, 4) is 0 Å². The highest BCUT2D eigenvalue weighted by molar-refractivity contribution is 6.27. The molecule has 0 aromatic heterocycles. The van der Waals surface area contributed by atoms with Crippen molar-refractivity contribution in [2.45, 2.75) is 5.79 Å². The first kappa shape index (κ1) is 13.3. The fraction of sp³-hybridized carbons (Fsp3) is 0.0667. The number of carbonyl (C=O) groups excluding carboxylic acids is 2. The Balaban J connectivity index is 2.15. The second-order valence-corrected chi connectivity index (χ2v) is 4.58. The van der Waals surface area contributed by atoms with E-state index in [-0.39, 0.29) is 0 Å². The molecule has 0 aliphatic carbocycles. The predicted molar refractivity (Wildman–Crippen MR) is 75.0 cm³/mol. The molecule has 0 radical (unpaired) electrons. The van der Waals surface area contributed by atoms with Crippen LogP contribution >= 0.6 is 0 Å². The fourth-order valence-corrected chi connectivity index (χ4v) is 2.17. The molecule has 3 rings (SSSR count). The van der Waals surface area contributed by atoms with Crippen LogP contribution in [-0.2, 0) is 9.59 Å². The van der Waals surface area contributed by atoms with Gasteiger partial charge >= 0.3 is 17.6 Å². The van der Waals surface area contributed by atoms with Crippen LogP contribution in [0.2, 0.25) is 0 Å². The molecule has 0 atom stereocenters. The highest BCUT2D eigenvalue weighted by atomic mass is 16.5. The lowest BCUT2D eigenvalue weighted by molar-refractivity contribution is -0.181. The Morgan fingerprint density at radius 2 is 1.00 bits per heavy atom. The van der Waals surface area contributed by atoms with Gasteiger partial charge in [0.05, 0.1) is 11.4 Å². The van der Waals surface area contributed by atoms with E-state index in [2.05, 4.69) is 0 Å². The van der Waals surface area contributed by atoms with E-state index in [0.717, 1.165) is 10.0 Å². The Kier molecular flexibility index (Phi) is 2.97. The van der Waals surface area contributed by atoms with Gasteiger partial charge in [0, 0.05) is 0 Å². The monoisotopic (exact) mass is 284 g/mol. The average molecular weight is 284 g/mol. The fourth-order valence-electron chi connectivity index (χ4n) is 2.17. The SMILES string of the molecule is O=C1N(c2ccccc2)N(c2ccccc2)C(=O)C1(O)O. The molecule has 0 saturated carbocycles. The maximum Gasteiger partial charge on any atom is 0.331 e. The molecule has 2 amide bonds. The van der Waals surface area contributed by atoms with Crippen molar-refractivity contribution in [1.82, 2.24) is 0 Å². The van der Waals surface area contributed by atoms with Crippen LogP contribution in [0.5, 0.6) is 0 Å². The smallest absolute Gasteiger partial charge is 0.331 e. The van der Waals surface area contributed by atoms with Gasteiger partial charge in [-0.3, -0.25) is 9.59 Å². The average Bonchev–Trinajstić information content (AvgIpc) is 2.69. The van der Waals surface area contributed by atoms with E-state index in [1.54, 1.807) is 60.7 Å². The van der Waals surface area contributed by atoms with Crippen molar-refractivity contribution in [2.75, 3.05) is 10.0 Å². The summed E-state index contributed by atoms with van der Waals surface area (Å²) in [5.74, 6) is -5.28. The molecule has 0 unspecified atom stereocenters. The zero-order chi connectivity index (χ0) is 15.0. The highest BCUT2D eigenvalue weighted by Gasteiger charge is 2.58. The lowest BCUT2D eigenvalue weighted by atomic mass is 10.2. The van der Waals surface area contributed by atoms with Gasteiger partial charge in [-0.05, 0) is 24.3 Å². The Morgan fingerprint density at radius 3 is 1.33 bits per heavy atom. The number of hydrazine groups is 1. The largest absolute Gasteiger partial charge is 0.351 e. The van der Waals surface area contributed by atoms with Gasteiger partial charge in [0.25, 0.3) is 0 Å². The Hall–Kier alpha value is -2.70. The van der Waals surface area contributed by atoms with Crippen molar-refractivity contribution >= 4 is 23.2 Å². The minimum Gasteiger partial charge on any atom is -0.351 e. The summed E-state index contributed by atoms with van der Waals surface area (Å²) < 4.78 is 0. The van der Waals surface area contributed by atoms with Crippen LogP contribution in [0.1, 0.15) is 0 Å². The Morgan fingerprint density at radius 1 is 0.667 bits per heavy atom. The number of rotatable bonds is 2. The lowest BCUT2D eigenvalue weighted by Crippen LogP contribution is -2.43. The number of nitrogens with zero attached hydrogens (tertiary/aromatic N) is 2. The van der Waals surface area contributed by atoms with Crippen molar-refractivity contribution in [1.29, 1.82) is 0 Å². The summed E-state index contributed by atoms with van der Waals surface area (Å²) >= 11 is 0. The molecular weight excluding hydrogens is 272 g/mol. The predicted octanol–water partition coefficient (Wildman–Crippen LogP) is 0.662. The van der Waals surface area contributed by atoms with Crippen molar-refractivity contribution in [2.24, 2.45) is 0 Å². The van der Waals surface area contributed by atoms with Crippen LogP contribution in [0.25, 0.3) is 0 Å². The molecule has 6 heteroatoms. The van der Waals surface area contributed by atoms with Crippen LogP contribution in [-0.4, -0.2) is 27.8 Å². The van der Waals surface area contributed by atoms with Gasteiger partial charge in [0.1, 0.15) is 0 Å². The highest BCUT2D eigenvalue weighted by Crippen LogP contribution is 2.32. The van der Waals surface area contributed by atoms with Gasteiger partial charge in [-0.1, -0.05) is 36.4 Å². The summed E-state index contributed by atoms with van der Waals surface area (Å²) in [5.41, 5.74) is 0.731. The summed E-state index contributed by atoms with van der Waals surface area (Å²) in [4.78, 5) is 24.4. The molecule has 0 bridgehead atoms. The molecule has 2 aromatic rings. The van der Waals surface area contributed by atoms with Crippen LogP contribution < -0.4 is 10.0 Å². The number of carbonyl (C=O) groups is 2. The Bertz CT molecular complexity index is 626. The number of amides is 2. The topological polar surface area (TPSA) is 81.1 Å². The third-order valence-electron chi connectivity index (χ3n) is 3.18. The number of para-hydroxylation sites is 2. The van der Waals surface area contributed by atoms with E-state index in [9.17, 15) is 19.8 Å². The van der Waals surface area contributed by atoms with Crippen molar-refractivity contribution in [3.05, 3.63) is 60.7 Å². The van der Waals surface area contributed by atoms with Gasteiger partial charge in [0.2, 0.25) is 0 Å². The molecule has 2 aromatic carbocycles. The zero-order valence-electron chi connectivity index (χ0n) is 10.9. The number of hydrogen-bond donors (Lipinski definition) is 2. The van der Waals surface area contributed by atoms with Crippen LogP contribution in [0.4, 0.5) is 11.4 Å². The van der Waals surface area contributed by atoms with Crippen LogP contribution in [0.15, 0.2) is 60.7 Å². The molecule has 0 spiro atoms. The number of hydrogen-bond acceptors (Lipinski definition) is 4. The quantitative estimate of drug-likeness (QED) is 0.627.